The summed E-state index contributed by atoms with van der Waals surface area (Å²) in [6, 6.07) is 0.520. The van der Waals surface area contributed by atoms with Gasteiger partial charge in [-0.15, -0.1) is 0 Å². The summed E-state index contributed by atoms with van der Waals surface area (Å²) in [6.45, 7) is 0. The molecule has 1 saturated carbocycles. The third-order valence-electron chi connectivity index (χ3n) is 2.93. The summed E-state index contributed by atoms with van der Waals surface area (Å²) in [6.07, 6.45) is 6.17. The number of nitrogens with one attached hydrogen (secondary N) is 1. The molecule has 0 aromatic rings. The van der Waals surface area contributed by atoms with Gasteiger partial charge in [0.2, 0.25) is 0 Å². The average Bonchev–Trinajstić information content (AvgIpc) is 2.26. The molecule has 0 bridgehead atoms. The van der Waals surface area contributed by atoms with Crippen LogP contribution in [0.3, 0.4) is 0 Å². The fraction of sp³-hybridized carbons (Fsp3) is 1.00. The van der Waals surface area contributed by atoms with E-state index in [1.54, 1.807) is 0 Å². The molecule has 0 aliphatic heterocycles. The number of hydrogen-bond donors (Lipinski definition) is 1. The predicted molar refractivity (Wildman–Crippen MR) is 54.6 cm³/mol. The molecule has 1 aliphatic carbocycles. The Kier molecular flexibility index (Phi) is 3.74. The Bertz CT molecular complexity index is 248. The third-order valence-corrected chi connectivity index (χ3v) is 4.61. The van der Waals surface area contributed by atoms with Crippen molar-refractivity contribution in [3.63, 3.8) is 0 Å². The zero-order valence-electron chi connectivity index (χ0n) is 8.41. The molecule has 1 fully saturated rings. The van der Waals surface area contributed by atoms with Crippen molar-refractivity contribution in [3.8, 4) is 0 Å². The monoisotopic (exact) mass is 205 g/mol. The van der Waals surface area contributed by atoms with E-state index in [9.17, 15) is 8.42 Å². The van der Waals surface area contributed by atoms with E-state index in [1.165, 1.54) is 6.26 Å². The lowest BCUT2D eigenvalue weighted by atomic mass is 10.1. The molecule has 0 radical (unpaired) electrons. The van der Waals surface area contributed by atoms with Gasteiger partial charge in [0.1, 0.15) is 9.84 Å². The van der Waals surface area contributed by atoms with Gasteiger partial charge >= 0.3 is 0 Å². The van der Waals surface area contributed by atoms with Crippen molar-refractivity contribution in [1.29, 1.82) is 0 Å². The van der Waals surface area contributed by atoms with Crippen molar-refractivity contribution in [2.75, 3.05) is 13.3 Å². The van der Waals surface area contributed by atoms with Crippen LogP contribution in [0, 0.1) is 0 Å². The van der Waals surface area contributed by atoms with E-state index in [-0.39, 0.29) is 5.25 Å². The molecule has 2 atom stereocenters. The second-order valence-electron chi connectivity index (χ2n) is 3.95. The average molecular weight is 205 g/mol. The Labute approximate surface area is 80.8 Å². The minimum absolute atomic E-state index is 0.0918. The van der Waals surface area contributed by atoms with Crippen LogP contribution in [0.4, 0.5) is 0 Å². The molecule has 0 aromatic heterocycles. The highest BCUT2D eigenvalue weighted by Crippen LogP contribution is 2.22. The molecule has 0 spiro atoms. The minimum Gasteiger partial charge on any atom is -0.317 e. The predicted octanol–water partition coefficient (Wildman–Crippen LogP) is 0.952. The lowest BCUT2D eigenvalue weighted by Gasteiger charge is -2.12. The lowest BCUT2D eigenvalue weighted by molar-refractivity contribution is 0.498. The summed E-state index contributed by atoms with van der Waals surface area (Å²) < 4.78 is 22.6. The molecule has 0 saturated heterocycles. The molecule has 78 valence electrons. The van der Waals surface area contributed by atoms with Crippen LogP contribution in [0.5, 0.6) is 0 Å². The van der Waals surface area contributed by atoms with E-state index in [4.69, 9.17) is 0 Å². The van der Waals surface area contributed by atoms with E-state index in [0.29, 0.717) is 6.04 Å². The Morgan fingerprint density at radius 3 is 2.38 bits per heavy atom. The first-order valence-corrected chi connectivity index (χ1v) is 6.85. The molecule has 3 nitrogen and oxygen atoms in total. The van der Waals surface area contributed by atoms with E-state index in [1.807, 2.05) is 7.05 Å². The standard InChI is InChI=1S/C9H19NO2S/c1-10-8-4-3-5-9(7-6-8)13(2,11)12/h8-10H,3-7H2,1-2H3. The fourth-order valence-corrected chi connectivity index (χ4v) is 3.14. The van der Waals surface area contributed by atoms with Gasteiger partial charge in [-0.2, -0.15) is 0 Å². The first kappa shape index (κ1) is 11.0. The van der Waals surface area contributed by atoms with Gasteiger partial charge < -0.3 is 5.32 Å². The maximum absolute atomic E-state index is 11.3. The number of hydrogen-bond acceptors (Lipinski definition) is 3. The molecule has 13 heavy (non-hydrogen) atoms. The van der Waals surface area contributed by atoms with E-state index >= 15 is 0 Å². The molecule has 0 amide bonds. The van der Waals surface area contributed by atoms with Gasteiger partial charge in [0.05, 0.1) is 5.25 Å². The van der Waals surface area contributed by atoms with Crippen LogP contribution in [0.1, 0.15) is 32.1 Å². The Balaban J connectivity index is 2.55. The van der Waals surface area contributed by atoms with E-state index < -0.39 is 9.84 Å². The van der Waals surface area contributed by atoms with Gasteiger partial charge in [0.25, 0.3) is 0 Å². The molecule has 1 aliphatic rings. The minimum atomic E-state index is -2.81. The van der Waals surface area contributed by atoms with Crippen LogP contribution in [0.15, 0.2) is 0 Å². The van der Waals surface area contributed by atoms with Crippen LogP contribution in [0.2, 0.25) is 0 Å². The SMILES string of the molecule is CNC1CCCC(S(C)(=O)=O)CC1. The molecule has 1 N–H and O–H groups in total. The third kappa shape index (κ3) is 3.27. The van der Waals surface area contributed by atoms with Crippen molar-refractivity contribution in [2.45, 2.75) is 43.4 Å². The summed E-state index contributed by atoms with van der Waals surface area (Å²) >= 11 is 0. The quantitative estimate of drug-likeness (QED) is 0.683. The largest absolute Gasteiger partial charge is 0.317 e. The summed E-state index contributed by atoms with van der Waals surface area (Å²) in [5, 5.41) is 3.13. The Hall–Kier alpha value is -0.0900. The second-order valence-corrected chi connectivity index (χ2v) is 6.27. The van der Waals surface area contributed by atoms with Crippen LogP contribution in [0.25, 0.3) is 0 Å². The molecule has 2 unspecified atom stereocenters. The maximum Gasteiger partial charge on any atom is 0.150 e. The van der Waals surface area contributed by atoms with Crippen molar-refractivity contribution in [3.05, 3.63) is 0 Å². The first-order chi connectivity index (χ1) is 6.04. The lowest BCUT2D eigenvalue weighted by Crippen LogP contribution is -2.25. The Morgan fingerprint density at radius 1 is 1.15 bits per heavy atom. The van der Waals surface area contributed by atoms with Crippen molar-refractivity contribution >= 4 is 9.84 Å². The van der Waals surface area contributed by atoms with Crippen molar-refractivity contribution in [2.24, 2.45) is 0 Å². The smallest absolute Gasteiger partial charge is 0.150 e. The van der Waals surface area contributed by atoms with E-state index in [0.717, 1.165) is 32.1 Å². The molecule has 0 heterocycles. The highest BCUT2D eigenvalue weighted by Gasteiger charge is 2.24. The highest BCUT2D eigenvalue weighted by atomic mass is 32.2. The highest BCUT2D eigenvalue weighted by molar-refractivity contribution is 7.91. The Morgan fingerprint density at radius 2 is 1.85 bits per heavy atom. The summed E-state index contributed by atoms with van der Waals surface area (Å²) in [5.41, 5.74) is 0. The summed E-state index contributed by atoms with van der Waals surface area (Å²) in [5.74, 6) is 0. The zero-order chi connectivity index (χ0) is 9.90. The maximum atomic E-state index is 11.3. The number of sulfone groups is 1. The second kappa shape index (κ2) is 4.42. The van der Waals surface area contributed by atoms with Gasteiger partial charge in [-0.1, -0.05) is 6.42 Å². The van der Waals surface area contributed by atoms with Gasteiger partial charge in [0, 0.05) is 12.3 Å². The topological polar surface area (TPSA) is 46.2 Å². The van der Waals surface area contributed by atoms with Crippen LogP contribution < -0.4 is 5.32 Å². The van der Waals surface area contributed by atoms with Crippen LogP contribution >= 0.6 is 0 Å². The molecular formula is C9H19NO2S. The number of rotatable bonds is 2. The molecule has 4 heteroatoms. The van der Waals surface area contributed by atoms with Gasteiger partial charge in [0.15, 0.2) is 0 Å². The normalized spacial score (nSPS) is 31.2. The molecule has 0 aromatic carbocycles. The summed E-state index contributed by atoms with van der Waals surface area (Å²) in [7, 11) is -0.859. The molecule has 1 rings (SSSR count). The zero-order valence-corrected chi connectivity index (χ0v) is 9.23. The first-order valence-electron chi connectivity index (χ1n) is 4.90. The van der Waals surface area contributed by atoms with Gasteiger partial charge in [-0.05, 0) is 32.7 Å². The van der Waals surface area contributed by atoms with Crippen molar-refractivity contribution < 1.29 is 8.42 Å². The molecular weight excluding hydrogens is 186 g/mol. The van der Waals surface area contributed by atoms with Gasteiger partial charge in [-0.25, -0.2) is 8.42 Å². The van der Waals surface area contributed by atoms with Gasteiger partial charge in [-0.3, -0.25) is 0 Å². The van der Waals surface area contributed by atoms with Crippen molar-refractivity contribution in [1.82, 2.24) is 5.32 Å². The van der Waals surface area contributed by atoms with Crippen LogP contribution in [-0.4, -0.2) is 33.0 Å². The fourth-order valence-electron chi connectivity index (χ4n) is 1.98. The summed E-state index contributed by atoms with van der Waals surface area (Å²) in [4.78, 5) is 0. The van der Waals surface area contributed by atoms with E-state index in [2.05, 4.69) is 5.32 Å². The van der Waals surface area contributed by atoms with Crippen LogP contribution in [-0.2, 0) is 9.84 Å².